The van der Waals surface area contributed by atoms with Crippen LogP contribution in [-0.2, 0) is 13.1 Å². The van der Waals surface area contributed by atoms with E-state index in [1.807, 2.05) is 61.1 Å². The summed E-state index contributed by atoms with van der Waals surface area (Å²) in [7, 11) is 3.67. The zero-order valence-electron chi connectivity index (χ0n) is 17.7. The molecule has 2 heterocycles. The Kier molecular flexibility index (Phi) is 5.63. The SMILES string of the molecule is COc1cccc(-c2noc(CN(C)Cc3c(C)nn(-c4ccccc4)c3C)n2)c1. The lowest BCUT2D eigenvalue weighted by Gasteiger charge is -2.14. The zero-order valence-corrected chi connectivity index (χ0v) is 17.7. The average molecular weight is 403 g/mol. The third-order valence-corrected chi connectivity index (χ3v) is 5.07. The van der Waals surface area contributed by atoms with Gasteiger partial charge in [-0.15, -0.1) is 0 Å². The van der Waals surface area contributed by atoms with E-state index in [2.05, 4.69) is 34.1 Å². The van der Waals surface area contributed by atoms with Crippen LogP contribution in [0, 0.1) is 13.8 Å². The Labute approximate surface area is 175 Å². The Balaban J connectivity index is 1.47. The van der Waals surface area contributed by atoms with Crippen molar-refractivity contribution in [2.45, 2.75) is 26.9 Å². The molecular weight excluding hydrogens is 378 g/mol. The van der Waals surface area contributed by atoms with Gasteiger partial charge in [0.1, 0.15) is 5.75 Å². The molecule has 0 atom stereocenters. The van der Waals surface area contributed by atoms with Crippen molar-refractivity contribution < 1.29 is 9.26 Å². The van der Waals surface area contributed by atoms with E-state index in [9.17, 15) is 0 Å². The van der Waals surface area contributed by atoms with Crippen LogP contribution in [-0.4, -0.2) is 39.0 Å². The maximum Gasteiger partial charge on any atom is 0.241 e. The van der Waals surface area contributed by atoms with Crippen molar-refractivity contribution in [3.8, 4) is 22.8 Å². The van der Waals surface area contributed by atoms with Crippen LogP contribution in [0.5, 0.6) is 5.75 Å². The monoisotopic (exact) mass is 403 g/mol. The van der Waals surface area contributed by atoms with Crippen LogP contribution in [0.1, 0.15) is 22.8 Å². The van der Waals surface area contributed by atoms with E-state index in [1.165, 1.54) is 5.56 Å². The second kappa shape index (κ2) is 8.51. The van der Waals surface area contributed by atoms with Crippen LogP contribution < -0.4 is 4.74 Å². The van der Waals surface area contributed by atoms with E-state index in [4.69, 9.17) is 14.4 Å². The summed E-state index contributed by atoms with van der Waals surface area (Å²) in [4.78, 5) is 6.69. The molecule has 4 rings (SSSR count). The number of nitrogens with zero attached hydrogens (tertiary/aromatic N) is 5. The third-order valence-electron chi connectivity index (χ3n) is 5.07. The molecule has 0 spiro atoms. The number of hydrogen-bond acceptors (Lipinski definition) is 6. The summed E-state index contributed by atoms with van der Waals surface area (Å²) in [6.45, 7) is 5.43. The molecule has 4 aromatic rings. The van der Waals surface area contributed by atoms with Crippen LogP contribution in [0.25, 0.3) is 17.1 Å². The molecular formula is C23H25N5O2. The largest absolute Gasteiger partial charge is 0.497 e. The van der Waals surface area contributed by atoms with Gasteiger partial charge in [-0.1, -0.05) is 35.5 Å². The Morgan fingerprint density at radius 1 is 1.03 bits per heavy atom. The molecule has 0 fully saturated rings. The minimum absolute atomic E-state index is 0.548. The highest BCUT2D eigenvalue weighted by Gasteiger charge is 2.17. The number of ether oxygens (including phenoxy) is 1. The molecule has 0 radical (unpaired) electrons. The first-order chi connectivity index (χ1) is 14.5. The number of aromatic nitrogens is 4. The fraction of sp³-hybridized carbons (Fsp3) is 0.261. The Hall–Kier alpha value is -3.45. The second-order valence-corrected chi connectivity index (χ2v) is 7.31. The fourth-order valence-corrected chi connectivity index (χ4v) is 3.48. The van der Waals surface area contributed by atoms with Gasteiger partial charge in [-0.2, -0.15) is 10.1 Å². The first-order valence-corrected chi connectivity index (χ1v) is 9.81. The van der Waals surface area contributed by atoms with Gasteiger partial charge in [0.25, 0.3) is 0 Å². The zero-order chi connectivity index (χ0) is 21.1. The van der Waals surface area contributed by atoms with Gasteiger partial charge in [0, 0.05) is 23.4 Å². The molecule has 7 heteroatoms. The molecule has 30 heavy (non-hydrogen) atoms. The maximum atomic E-state index is 5.47. The molecule has 0 bridgehead atoms. The van der Waals surface area contributed by atoms with Crippen LogP contribution in [0.15, 0.2) is 59.1 Å². The van der Waals surface area contributed by atoms with Gasteiger partial charge in [0.05, 0.1) is 25.0 Å². The van der Waals surface area contributed by atoms with Crippen molar-refractivity contribution in [2.75, 3.05) is 14.2 Å². The first-order valence-electron chi connectivity index (χ1n) is 9.81. The molecule has 7 nitrogen and oxygen atoms in total. The summed E-state index contributed by atoms with van der Waals surface area (Å²) in [5, 5.41) is 8.84. The van der Waals surface area contributed by atoms with Crippen LogP contribution >= 0.6 is 0 Å². The van der Waals surface area contributed by atoms with E-state index in [1.54, 1.807) is 7.11 Å². The van der Waals surface area contributed by atoms with Crippen molar-refractivity contribution in [1.29, 1.82) is 0 Å². The Bertz CT molecular complexity index is 1130. The van der Waals surface area contributed by atoms with Gasteiger partial charge in [0.15, 0.2) is 0 Å². The van der Waals surface area contributed by atoms with Gasteiger partial charge >= 0.3 is 0 Å². The topological polar surface area (TPSA) is 69.2 Å². The van der Waals surface area contributed by atoms with Gasteiger partial charge in [-0.3, -0.25) is 4.90 Å². The number of para-hydroxylation sites is 1. The van der Waals surface area contributed by atoms with Crippen molar-refractivity contribution in [2.24, 2.45) is 0 Å². The number of hydrogen-bond donors (Lipinski definition) is 0. The van der Waals surface area contributed by atoms with Gasteiger partial charge < -0.3 is 9.26 Å². The normalized spacial score (nSPS) is 11.2. The molecule has 0 saturated carbocycles. The predicted octanol–water partition coefficient (Wildman–Crippen LogP) is 4.18. The van der Waals surface area contributed by atoms with Gasteiger partial charge in [-0.25, -0.2) is 4.68 Å². The molecule has 2 aromatic carbocycles. The van der Waals surface area contributed by atoms with E-state index < -0.39 is 0 Å². The molecule has 0 amide bonds. The second-order valence-electron chi connectivity index (χ2n) is 7.31. The summed E-state index contributed by atoms with van der Waals surface area (Å²) in [5.74, 6) is 1.89. The van der Waals surface area contributed by atoms with Crippen molar-refractivity contribution in [1.82, 2.24) is 24.8 Å². The summed E-state index contributed by atoms with van der Waals surface area (Å²) in [5.41, 5.74) is 5.28. The van der Waals surface area contributed by atoms with Crippen molar-refractivity contribution in [3.05, 3.63) is 77.4 Å². The van der Waals surface area contributed by atoms with E-state index in [0.717, 1.165) is 34.9 Å². The molecule has 0 unspecified atom stereocenters. The van der Waals surface area contributed by atoms with Gasteiger partial charge in [0.2, 0.25) is 11.7 Å². The van der Waals surface area contributed by atoms with Crippen molar-refractivity contribution >= 4 is 0 Å². The minimum Gasteiger partial charge on any atom is -0.497 e. The van der Waals surface area contributed by atoms with Crippen LogP contribution in [0.2, 0.25) is 0 Å². The number of methoxy groups -OCH3 is 1. The highest BCUT2D eigenvalue weighted by Crippen LogP contribution is 2.22. The highest BCUT2D eigenvalue weighted by atomic mass is 16.5. The maximum absolute atomic E-state index is 5.47. The highest BCUT2D eigenvalue weighted by molar-refractivity contribution is 5.56. The molecule has 0 aliphatic heterocycles. The first kappa shape index (κ1) is 19.8. The number of aryl methyl sites for hydroxylation is 1. The Morgan fingerprint density at radius 2 is 1.83 bits per heavy atom. The van der Waals surface area contributed by atoms with E-state index in [0.29, 0.717) is 18.3 Å². The fourth-order valence-electron chi connectivity index (χ4n) is 3.48. The summed E-state index contributed by atoms with van der Waals surface area (Å²) in [6, 6.07) is 17.8. The van der Waals surface area contributed by atoms with E-state index >= 15 is 0 Å². The van der Waals surface area contributed by atoms with Crippen LogP contribution in [0.4, 0.5) is 0 Å². The Morgan fingerprint density at radius 3 is 2.60 bits per heavy atom. The number of benzene rings is 2. The lowest BCUT2D eigenvalue weighted by Crippen LogP contribution is -2.18. The predicted molar refractivity (Wildman–Crippen MR) is 114 cm³/mol. The smallest absolute Gasteiger partial charge is 0.241 e. The molecule has 2 aromatic heterocycles. The summed E-state index contributed by atoms with van der Waals surface area (Å²) >= 11 is 0. The van der Waals surface area contributed by atoms with Gasteiger partial charge in [-0.05, 0) is 45.2 Å². The minimum atomic E-state index is 0.548. The standard InChI is InChI=1S/C23H25N5O2/c1-16-21(17(2)28(25-16)19-10-6-5-7-11-19)14-27(3)15-22-24-23(26-30-22)18-9-8-12-20(13-18)29-4/h5-13H,14-15H2,1-4H3. The molecule has 0 aliphatic rings. The lowest BCUT2D eigenvalue weighted by atomic mass is 10.2. The quantitative estimate of drug-likeness (QED) is 0.461. The number of rotatable bonds is 7. The average Bonchev–Trinajstić information content (AvgIpc) is 3.34. The molecule has 0 saturated heterocycles. The van der Waals surface area contributed by atoms with Crippen molar-refractivity contribution in [3.63, 3.8) is 0 Å². The van der Waals surface area contributed by atoms with Crippen LogP contribution in [0.3, 0.4) is 0 Å². The molecule has 154 valence electrons. The third kappa shape index (κ3) is 4.11. The summed E-state index contributed by atoms with van der Waals surface area (Å²) in [6.07, 6.45) is 0. The summed E-state index contributed by atoms with van der Waals surface area (Å²) < 4.78 is 12.7. The molecule has 0 N–H and O–H groups in total. The lowest BCUT2D eigenvalue weighted by molar-refractivity contribution is 0.260. The van der Waals surface area contributed by atoms with E-state index in [-0.39, 0.29) is 0 Å². The molecule has 0 aliphatic carbocycles.